The molecule has 3 aromatic heterocycles. The summed E-state index contributed by atoms with van der Waals surface area (Å²) < 4.78 is 7.76. The third-order valence-corrected chi connectivity index (χ3v) is 10.0. The Kier molecular flexibility index (Phi) is 5.98. The number of hydrogen-bond acceptors (Lipinski definition) is 6. The molecule has 3 heterocycles. The smallest absolute Gasteiger partial charge is 0.167 e. The van der Waals surface area contributed by atoms with Crippen LogP contribution in [0.1, 0.15) is 0 Å². The van der Waals surface area contributed by atoms with Gasteiger partial charge in [-0.25, -0.2) is 19.9 Å². The molecular weight excluding hydrogens is 609 g/mol. The maximum absolute atomic E-state index is 6.64. The molecule has 0 N–H and O–H groups in total. The number of benzene rings is 7. The molecule has 5 nitrogen and oxygen atoms in total. The first-order chi connectivity index (χ1) is 23.8. The zero-order chi connectivity index (χ0) is 31.6. The first-order valence-electron chi connectivity index (χ1n) is 15.8. The molecule has 0 radical (unpaired) electrons. The molecular formula is C42H24N4OS. The fraction of sp³-hybridized carbons (Fsp3) is 0. The lowest BCUT2D eigenvalue weighted by molar-refractivity contribution is 0.670. The maximum Gasteiger partial charge on any atom is 0.167 e. The number of rotatable bonds is 4. The fourth-order valence-electron chi connectivity index (χ4n) is 6.67. The van der Waals surface area contributed by atoms with Crippen molar-refractivity contribution in [1.29, 1.82) is 0 Å². The number of para-hydroxylation sites is 1. The topological polar surface area (TPSA) is 64.7 Å². The lowest BCUT2D eigenvalue weighted by atomic mass is 9.97. The molecule has 0 saturated heterocycles. The lowest BCUT2D eigenvalue weighted by Gasteiger charge is -2.12. The van der Waals surface area contributed by atoms with Crippen LogP contribution >= 0.6 is 11.3 Å². The van der Waals surface area contributed by atoms with Gasteiger partial charge in [0.15, 0.2) is 17.5 Å². The molecule has 10 aromatic rings. The van der Waals surface area contributed by atoms with Gasteiger partial charge in [0.1, 0.15) is 16.2 Å². The van der Waals surface area contributed by atoms with Gasteiger partial charge in [-0.2, -0.15) is 0 Å². The first kappa shape index (κ1) is 26.9. The van der Waals surface area contributed by atoms with E-state index >= 15 is 0 Å². The van der Waals surface area contributed by atoms with Gasteiger partial charge in [-0.05, 0) is 39.7 Å². The number of aromatic nitrogens is 4. The monoisotopic (exact) mass is 632 g/mol. The molecule has 10 rings (SSSR count). The van der Waals surface area contributed by atoms with Crippen LogP contribution in [0.25, 0.3) is 98.4 Å². The fourth-order valence-corrected chi connectivity index (χ4v) is 7.66. The van der Waals surface area contributed by atoms with E-state index in [2.05, 4.69) is 84.9 Å². The normalized spacial score (nSPS) is 11.8. The average Bonchev–Trinajstić information content (AvgIpc) is 3.74. The molecule has 48 heavy (non-hydrogen) atoms. The van der Waals surface area contributed by atoms with E-state index in [4.69, 9.17) is 24.4 Å². The summed E-state index contributed by atoms with van der Waals surface area (Å²) in [5, 5.41) is 7.65. The summed E-state index contributed by atoms with van der Waals surface area (Å²) in [6.07, 6.45) is 0. The Labute approximate surface area is 278 Å². The van der Waals surface area contributed by atoms with Gasteiger partial charge in [-0.1, -0.05) is 121 Å². The Balaban J connectivity index is 1.20. The third-order valence-electron chi connectivity index (χ3n) is 8.94. The van der Waals surface area contributed by atoms with Crippen molar-refractivity contribution in [1.82, 2.24) is 19.9 Å². The summed E-state index contributed by atoms with van der Waals surface area (Å²) in [6.45, 7) is 0. The lowest BCUT2D eigenvalue weighted by Crippen LogP contribution is -2.01. The number of hydrogen-bond donors (Lipinski definition) is 0. The second-order valence-electron chi connectivity index (χ2n) is 11.8. The highest BCUT2D eigenvalue weighted by Crippen LogP contribution is 2.40. The molecule has 0 aliphatic rings. The van der Waals surface area contributed by atoms with E-state index < -0.39 is 0 Å². The van der Waals surface area contributed by atoms with Crippen LogP contribution in [0.5, 0.6) is 0 Å². The summed E-state index contributed by atoms with van der Waals surface area (Å²) in [5.41, 5.74) is 6.26. The van der Waals surface area contributed by atoms with Crippen LogP contribution in [-0.4, -0.2) is 19.9 Å². The molecule has 0 aliphatic carbocycles. The van der Waals surface area contributed by atoms with Crippen molar-refractivity contribution in [2.75, 3.05) is 0 Å². The molecule has 6 heteroatoms. The zero-order valence-corrected chi connectivity index (χ0v) is 26.3. The highest BCUT2D eigenvalue weighted by Gasteiger charge is 2.20. The van der Waals surface area contributed by atoms with Crippen molar-refractivity contribution in [3.63, 3.8) is 0 Å². The third kappa shape index (κ3) is 4.31. The minimum atomic E-state index is 0.562. The Morgan fingerprint density at radius 2 is 1.08 bits per heavy atom. The summed E-state index contributed by atoms with van der Waals surface area (Å²) in [7, 11) is 0. The van der Waals surface area contributed by atoms with Crippen molar-refractivity contribution in [2.45, 2.75) is 0 Å². The quantitative estimate of drug-likeness (QED) is 0.181. The summed E-state index contributed by atoms with van der Waals surface area (Å²) in [6, 6.07) is 49.9. The maximum atomic E-state index is 6.64. The molecule has 0 bridgehead atoms. The predicted octanol–water partition coefficient (Wildman–Crippen LogP) is 11.4. The molecule has 224 valence electrons. The standard InChI is InChI=1S/C42H24N4OS/c1-3-12-25(13-4-1)39-44-40(46-41(45-39)34-22-27-16-7-8-17-28(27)29-18-9-10-19-30(29)34)32-21-11-20-31-33-23-37-35(24-36(33)47-38(31)32)43-42(48-37)26-14-5-2-6-15-26/h1-24H. The van der Waals surface area contributed by atoms with Crippen LogP contribution in [0.3, 0.4) is 0 Å². The predicted molar refractivity (Wildman–Crippen MR) is 197 cm³/mol. The summed E-state index contributed by atoms with van der Waals surface area (Å²) >= 11 is 1.69. The van der Waals surface area contributed by atoms with Crippen LogP contribution in [0.15, 0.2) is 150 Å². The second kappa shape index (κ2) is 10.7. The van der Waals surface area contributed by atoms with E-state index in [1.165, 1.54) is 5.39 Å². The molecule has 0 unspecified atom stereocenters. The van der Waals surface area contributed by atoms with Gasteiger partial charge < -0.3 is 4.42 Å². The Morgan fingerprint density at radius 3 is 1.90 bits per heavy atom. The van der Waals surface area contributed by atoms with Crippen molar-refractivity contribution < 1.29 is 4.42 Å². The van der Waals surface area contributed by atoms with E-state index in [1.54, 1.807) is 11.3 Å². The largest absolute Gasteiger partial charge is 0.455 e. The second-order valence-corrected chi connectivity index (χ2v) is 12.9. The van der Waals surface area contributed by atoms with Crippen LogP contribution in [-0.2, 0) is 0 Å². The van der Waals surface area contributed by atoms with E-state index in [0.29, 0.717) is 17.5 Å². The van der Waals surface area contributed by atoms with E-state index in [0.717, 1.165) is 75.6 Å². The Morgan fingerprint density at radius 1 is 0.438 bits per heavy atom. The SMILES string of the molecule is c1ccc(-c2nc(-c3cc4ccccc4c4ccccc34)nc(-c3cccc4c3oc3cc5nc(-c6ccccc6)sc5cc34)n2)cc1. The minimum absolute atomic E-state index is 0.562. The van der Waals surface area contributed by atoms with Crippen molar-refractivity contribution in [3.8, 4) is 44.7 Å². The van der Waals surface area contributed by atoms with Crippen LogP contribution in [0, 0.1) is 0 Å². The highest BCUT2D eigenvalue weighted by molar-refractivity contribution is 7.21. The van der Waals surface area contributed by atoms with Crippen LogP contribution in [0.2, 0.25) is 0 Å². The van der Waals surface area contributed by atoms with Gasteiger partial charge in [0.2, 0.25) is 0 Å². The van der Waals surface area contributed by atoms with Crippen LogP contribution < -0.4 is 0 Å². The molecule has 0 fully saturated rings. The highest BCUT2D eigenvalue weighted by atomic mass is 32.1. The molecule has 0 spiro atoms. The van der Waals surface area contributed by atoms with Gasteiger partial charge >= 0.3 is 0 Å². The van der Waals surface area contributed by atoms with Crippen molar-refractivity contribution in [3.05, 3.63) is 146 Å². The molecule has 0 saturated carbocycles. The Hall–Kier alpha value is -6.24. The molecule has 0 atom stereocenters. The minimum Gasteiger partial charge on any atom is -0.455 e. The molecule has 0 aliphatic heterocycles. The van der Waals surface area contributed by atoms with Gasteiger partial charge in [-0.15, -0.1) is 11.3 Å². The average molecular weight is 633 g/mol. The number of furan rings is 1. The van der Waals surface area contributed by atoms with Gasteiger partial charge in [0, 0.05) is 33.5 Å². The molecule has 7 aromatic carbocycles. The Bertz CT molecular complexity index is 2840. The summed E-state index contributed by atoms with van der Waals surface area (Å²) in [5.74, 6) is 1.79. The van der Waals surface area contributed by atoms with Gasteiger partial charge in [0.05, 0.1) is 15.8 Å². The van der Waals surface area contributed by atoms with E-state index in [1.807, 2.05) is 60.7 Å². The number of fused-ring (bicyclic) bond motifs is 7. The zero-order valence-electron chi connectivity index (χ0n) is 25.5. The van der Waals surface area contributed by atoms with Crippen LogP contribution in [0.4, 0.5) is 0 Å². The van der Waals surface area contributed by atoms with Crippen molar-refractivity contribution >= 4 is 65.0 Å². The van der Waals surface area contributed by atoms with Gasteiger partial charge in [-0.3, -0.25) is 0 Å². The van der Waals surface area contributed by atoms with E-state index in [9.17, 15) is 0 Å². The van der Waals surface area contributed by atoms with E-state index in [-0.39, 0.29) is 0 Å². The first-order valence-corrected chi connectivity index (χ1v) is 16.6. The molecule has 0 amide bonds. The number of nitrogens with zero attached hydrogens (tertiary/aromatic N) is 4. The van der Waals surface area contributed by atoms with Gasteiger partial charge in [0.25, 0.3) is 0 Å². The summed E-state index contributed by atoms with van der Waals surface area (Å²) in [4.78, 5) is 20.3. The van der Waals surface area contributed by atoms with Crippen molar-refractivity contribution in [2.24, 2.45) is 0 Å². The number of thiazole rings is 1.